The number of benzene rings is 2. The molecule has 0 saturated carbocycles. The molecule has 0 bridgehead atoms. The fraction of sp³-hybridized carbons (Fsp3) is 0.263. The zero-order valence-electron chi connectivity index (χ0n) is 15.0. The molecule has 0 N–H and O–H groups in total. The summed E-state index contributed by atoms with van der Waals surface area (Å²) in [7, 11) is -3.68. The molecule has 0 aliphatic carbocycles. The third kappa shape index (κ3) is 5.24. The second kappa shape index (κ2) is 9.25. The zero-order valence-corrected chi connectivity index (χ0v) is 17.4. The van der Waals surface area contributed by atoms with Gasteiger partial charge in [-0.3, -0.25) is 4.79 Å². The number of Topliss-reactive ketones (excluding diaryl/α,β-unsaturated/α-hetero) is 1. The molecule has 0 fully saturated rings. The number of rotatable bonds is 8. The lowest BCUT2D eigenvalue weighted by molar-refractivity contribution is 0.0474. The molecule has 0 saturated heterocycles. The maximum absolute atomic E-state index is 12.6. The van der Waals surface area contributed by atoms with Crippen molar-refractivity contribution in [1.29, 1.82) is 0 Å². The van der Waals surface area contributed by atoms with E-state index < -0.39 is 22.6 Å². The van der Waals surface area contributed by atoms with E-state index in [-0.39, 0.29) is 16.2 Å². The van der Waals surface area contributed by atoms with Crippen LogP contribution in [0.2, 0.25) is 0 Å². The van der Waals surface area contributed by atoms with E-state index in [0.29, 0.717) is 18.7 Å². The van der Waals surface area contributed by atoms with Crippen LogP contribution in [0.15, 0.2) is 57.9 Å². The highest BCUT2D eigenvalue weighted by Gasteiger charge is 2.23. The fourth-order valence-corrected chi connectivity index (χ4v) is 4.36. The highest BCUT2D eigenvalue weighted by molar-refractivity contribution is 9.10. The van der Waals surface area contributed by atoms with Crippen molar-refractivity contribution >= 4 is 37.7 Å². The van der Waals surface area contributed by atoms with Crippen LogP contribution in [0.3, 0.4) is 0 Å². The van der Waals surface area contributed by atoms with Gasteiger partial charge in [0, 0.05) is 23.1 Å². The average Bonchev–Trinajstić information content (AvgIpc) is 2.66. The highest BCUT2D eigenvalue weighted by atomic mass is 79.9. The molecule has 0 unspecified atom stereocenters. The van der Waals surface area contributed by atoms with Crippen LogP contribution in [0.5, 0.6) is 0 Å². The number of nitrogens with zero attached hydrogens (tertiary/aromatic N) is 1. The quantitative estimate of drug-likeness (QED) is 0.451. The van der Waals surface area contributed by atoms with Crippen LogP contribution in [0, 0.1) is 0 Å². The van der Waals surface area contributed by atoms with Gasteiger partial charge in [0.25, 0.3) is 0 Å². The van der Waals surface area contributed by atoms with Crippen molar-refractivity contribution in [2.75, 3.05) is 19.7 Å². The Morgan fingerprint density at radius 3 is 2.26 bits per heavy atom. The van der Waals surface area contributed by atoms with Gasteiger partial charge in [-0.15, -0.1) is 0 Å². The number of sulfonamides is 1. The maximum Gasteiger partial charge on any atom is 0.338 e. The topological polar surface area (TPSA) is 80.8 Å². The molecule has 8 heteroatoms. The summed E-state index contributed by atoms with van der Waals surface area (Å²) in [6, 6.07) is 12.4. The number of halogens is 1. The van der Waals surface area contributed by atoms with Gasteiger partial charge in [-0.25, -0.2) is 13.2 Å². The first kappa shape index (κ1) is 21.3. The predicted octanol–water partition coefficient (Wildman–Crippen LogP) is 3.52. The summed E-state index contributed by atoms with van der Waals surface area (Å²) >= 11 is 3.28. The van der Waals surface area contributed by atoms with Gasteiger partial charge in [0.1, 0.15) is 0 Å². The minimum Gasteiger partial charge on any atom is -0.454 e. The SMILES string of the molecule is CCN(CC)S(=O)(=O)c1cccc(C(=O)OCC(=O)c2cccc(Br)c2)c1. The van der Waals surface area contributed by atoms with Crippen molar-refractivity contribution in [1.82, 2.24) is 4.31 Å². The molecule has 0 radical (unpaired) electrons. The lowest BCUT2D eigenvalue weighted by Gasteiger charge is -2.18. The van der Waals surface area contributed by atoms with Crippen molar-refractivity contribution in [3.63, 3.8) is 0 Å². The first-order valence-electron chi connectivity index (χ1n) is 8.35. The Morgan fingerprint density at radius 2 is 1.63 bits per heavy atom. The number of carbonyl (C=O) groups excluding carboxylic acids is 2. The van der Waals surface area contributed by atoms with E-state index >= 15 is 0 Å². The molecular weight excluding hydrogens is 434 g/mol. The summed E-state index contributed by atoms with van der Waals surface area (Å²) in [6.07, 6.45) is 0. The summed E-state index contributed by atoms with van der Waals surface area (Å²) in [5.41, 5.74) is 0.486. The maximum atomic E-state index is 12.6. The number of ether oxygens (including phenoxy) is 1. The van der Waals surface area contributed by atoms with Crippen LogP contribution in [-0.4, -0.2) is 44.2 Å². The first-order valence-corrected chi connectivity index (χ1v) is 10.6. The summed E-state index contributed by atoms with van der Waals surface area (Å²) in [6.45, 7) is 3.71. The van der Waals surface area contributed by atoms with E-state index in [1.165, 1.54) is 28.6 Å². The third-order valence-electron chi connectivity index (χ3n) is 3.89. The van der Waals surface area contributed by atoms with E-state index in [2.05, 4.69) is 15.9 Å². The minimum atomic E-state index is -3.68. The molecule has 0 aliphatic heterocycles. The standard InChI is InChI=1S/C19H20BrNO5S/c1-3-21(4-2)27(24,25)17-10-6-8-15(12-17)19(23)26-13-18(22)14-7-5-9-16(20)11-14/h5-12H,3-4,13H2,1-2H3. The molecule has 0 heterocycles. The van der Waals surface area contributed by atoms with E-state index in [9.17, 15) is 18.0 Å². The molecular formula is C19H20BrNO5S. The molecule has 0 aromatic heterocycles. The molecule has 2 aromatic rings. The van der Waals surface area contributed by atoms with E-state index in [4.69, 9.17) is 4.74 Å². The van der Waals surface area contributed by atoms with Crippen molar-refractivity contribution in [2.24, 2.45) is 0 Å². The Bertz CT molecular complexity index is 939. The van der Waals surface area contributed by atoms with Gasteiger partial charge in [-0.2, -0.15) is 4.31 Å². The zero-order chi connectivity index (χ0) is 20.0. The fourth-order valence-electron chi connectivity index (χ4n) is 2.46. The molecule has 0 amide bonds. The number of esters is 1. The van der Waals surface area contributed by atoms with Crippen LogP contribution in [-0.2, 0) is 14.8 Å². The van der Waals surface area contributed by atoms with Crippen molar-refractivity contribution in [2.45, 2.75) is 18.7 Å². The smallest absolute Gasteiger partial charge is 0.338 e. The second-order valence-electron chi connectivity index (χ2n) is 5.63. The van der Waals surface area contributed by atoms with Crippen molar-refractivity contribution < 1.29 is 22.7 Å². The second-order valence-corrected chi connectivity index (χ2v) is 8.48. The molecule has 27 heavy (non-hydrogen) atoms. The largest absolute Gasteiger partial charge is 0.454 e. The van der Waals surface area contributed by atoms with Gasteiger partial charge in [0.05, 0.1) is 10.5 Å². The monoisotopic (exact) mass is 453 g/mol. The van der Waals surface area contributed by atoms with E-state index in [0.717, 1.165) is 4.47 Å². The van der Waals surface area contributed by atoms with Gasteiger partial charge in [0.15, 0.2) is 12.4 Å². The van der Waals surface area contributed by atoms with Crippen LogP contribution in [0.25, 0.3) is 0 Å². The van der Waals surface area contributed by atoms with Gasteiger partial charge >= 0.3 is 5.97 Å². The summed E-state index contributed by atoms with van der Waals surface area (Å²) in [4.78, 5) is 24.4. The molecule has 144 valence electrons. The Kier molecular flexibility index (Phi) is 7.29. The van der Waals surface area contributed by atoms with Crippen LogP contribution < -0.4 is 0 Å². The third-order valence-corrected chi connectivity index (χ3v) is 6.43. The molecule has 0 aliphatic rings. The summed E-state index contributed by atoms with van der Waals surface area (Å²) in [5.74, 6) is -1.11. The van der Waals surface area contributed by atoms with Gasteiger partial charge in [-0.05, 0) is 30.3 Å². The molecule has 0 atom stereocenters. The highest BCUT2D eigenvalue weighted by Crippen LogP contribution is 2.18. The van der Waals surface area contributed by atoms with Gasteiger partial charge in [0.2, 0.25) is 10.0 Å². The first-order chi connectivity index (χ1) is 12.8. The molecule has 6 nitrogen and oxygen atoms in total. The Labute approximate surface area is 167 Å². The van der Waals surface area contributed by atoms with Crippen LogP contribution >= 0.6 is 15.9 Å². The summed E-state index contributed by atoms with van der Waals surface area (Å²) < 4.78 is 32.2. The van der Waals surface area contributed by atoms with Crippen LogP contribution in [0.1, 0.15) is 34.6 Å². The average molecular weight is 454 g/mol. The Hall–Kier alpha value is -2.03. The lowest BCUT2D eigenvalue weighted by Crippen LogP contribution is -2.30. The number of hydrogen-bond donors (Lipinski definition) is 0. The number of hydrogen-bond acceptors (Lipinski definition) is 5. The van der Waals surface area contributed by atoms with Gasteiger partial charge in [-0.1, -0.05) is 48.0 Å². The predicted molar refractivity (Wildman–Crippen MR) is 105 cm³/mol. The Balaban J connectivity index is 2.12. The molecule has 0 spiro atoms. The number of carbonyl (C=O) groups is 2. The lowest BCUT2D eigenvalue weighted by atomic mass is 10.1. The molecule has 2 rings (SSSR count). The van der Waals surface area contributed by atoms with Gasteiger partial charge < -0.3 is 4.74 Å². The van der Waals surface area contributed by atoms with E-state index in [1.54, 1.807) is 38.1 Å². The van der Waals surface area contributed by atoms with Crippen molar-refractivity contribution in [3.8, 4) is 0 Å². The van der Waals surface area contributed by atoms with E-state index in [1.807, 2.05) is 0 Å². The summed E-state index contributed by atoms with van der Waals surface area (Å²) in [5, 5.41) is 0. The normalized spacial score (nSPS) is 11.4. The number of ketones is 1. The van der Waals surface area contributed by atoms with Crippen molar-refractivity contribution in [3.05, 3.63) is 64.1 Å². The molecule has 2 aromatic carbocycles. The minimum absolute atomic E-state index is 0.0129. The Morgan fingerprint density at radius 1 is 1.00 bits per heavy atom. The van der Waals surface area contributed by atoms with Crippen LogP contribution in [0.4, 0.5) is 0 Å².